The van der Waals surface area contributed by atoms with Crippen LogP contribution in [0.2, 0.25) is 0 Å². The van der Waals surface area contributed by atoms with Crippen molar-refractivity contribution in [1.29, 1.82) is 0 Å². The van der Waals surface area contributed by atoms with E-state index in [1.54, 1.807) is 0 Å². The Hall–Kier alpha value is -0.120. The highest BCUT2D eigenvalue weighted by Gasteiger charge is 2.32. The summed E-state index contributed by atoms with van der Waals surface area (Å²) >= 11 is 0. The molecule has 0 amide bonds. The number of likely N-dealkylation sites (tertiary alicyclic amines) is 1. The highest BCUT2D eigenvalue weighted by atomic mass is 16.5. The van der Waals surface area contributed by atoms with E-state index in [2.05, 4.69) is 10.2 Å². The molecule has 0 aromatic rings. The summed E-state index contributed by atoms with van der Waals surface area (Å²) in [5.74, 6) is 0.990. The van der Waals surface area contributed by atoms with E-state index in [0.717, 1.165) is 18.0 Å². The van der Waals surface area contributed by atoms with Gasteiger partial charge < -0.3 is 15.0 Å². The van der Waals surface area contributed by atoms with Crippen LogP contribution in [0.3, 0.4) is 0 Å². The summed E-state index contributed by atoms with van der Waals surface area (Å²) in [6, 6.07) is 1.59. The Labute approximate surface area is 118 Å². The van der Waals surface area contributed by atoms with E-state index in [-0.39, 0.29) is 0 Å². The monoisotopic (exact) mass is 266 g/mol. The van der Waals surface area contributed by atoms with Crippen LogP contribution in [-0.4, -0.2) is 49.8 Å². The van der Waals surface area contributed by atoms with Gasteiger partial charge >= 0.3 is 0 Å². The number of methoxy groups -OCH3 is 1. The summed E-state index contributed by atoms with van der Waals surface area (Å²) < 4.78 is 5.46. The first kappa shape index (κ1) is 13.8. The molecule has 2 saturated heterocycles. The summed E-state index contributed by atoms with van der Waals surface area (Å²) in [7, 11) is 1.85. The largest absolute Gasteiger partial charge is 0.381 e. The van der Waals surface area contributed by atoms with Crippen LogP contribution in [0.4, 0.5) is 0 Å². The molecule has 2 aliphatic heterocycles. The molecule has 3 unspecified atom stereocenters. The Morgan fingerprint density at radius 2 is 1.79 bits per heavy atom. The second-order valence-corrected chi connectivity index (χ2v) is 6.83. The molecule has 0 aromatic carbocycles. The van der Waals surface area contributed by atoms with Gasteiger partial charge in [0, 0.05) is 38.8 Å². The van der Waals surface area contributed by atoms with Crippen LogP contribution in [0.25, 0.3) is 0 Å². The lowest BCUT2D eigenvalue weighted by Gasteiger charge is -2.42. The third-order valence-corrected chi connectivity index (χ3v) is 5.59. The lowest BCUT2D eigenvalue weighted by atomic mass is 9.77. The third kappa shape index (κ3) is 3.50. The zero-order chi connectivity index (χ0) is 13.1. The maximum absolute atomic E-state index is 5.46. The van der Waals surface area contributed by atoms with E-state index in [1.807, 2.05) is 7.11 Å². The van der Waals surface area contributed by atoms with Gasteiger partial charge in [0.1, 0.15) is 0 Å². The number of nitrogens with zero attached hydrogens (tertiary/aromatic N) is 1. The summed E-state index contributed by atoms with van der Waals surface area (Å²) in [5, 5.41) is 3.95. The van der Waals surface area contributed by atoms with Crippen molar-refractivity contribution in [2.75, 3.05) is 26.7 Å². The minimum absolute atomic E-state index is 0.512. The van der Waals surface area contributed by atoms with Crippen LogP contribution in [0.15, 0.2) is 0 Å². The van der Waals surface area contributed by atoms with Crippen molar-refractivity contribution in [2.45, 2.75) is 69.6 Å². The first-order chi connectivity index (χ1) is 9.35. The Morgan fingerprint density at radius 1 is 1.00 bits per heavy atom. The second-order valence-electron chi connectivity index (χ2n) is 6.83. The van der Waals surface area contributed by atoms with E-state index >= 15 is 0 Å². The van der Waals surface area contributed by atoms with Crippen molar-refractivity contribution in [3.8, 4) is 0 Å². The topological polar surface area (TPSA) is 24.5 Å². The Kier molecular flexibility index (Phi) is 4.78. The lowest BCUT2D eigenvalue weighted by Crippen LogP contribution is -2.53. The van der Waals surface area contributed by atoms with Crippen LogP contribution >= 0.6 is 0 Å². The van der Waals surface area contributed by atoms with Gasteiger partial charge in [-0.25, -0.2) is 0 Å². The molecule has 3 nitrogen and oxygen atoms in total. The fourth-order valence-electron chi connectivity index (χ4n) is 4.36. The summed E-state index contributed by atoms with van der Waals surface area (Å²) in [4.78, 5) is 2.65. The number of ether oxygens (including phenoxy) is 1. The van der Waals surface area contributed by atoms with Crippen LogP contribution in [0, 0.1) is 5.92 Å². The molecule has 110 valence electrons. The average Bonchev–Trinajstić information content (AvgIpc) is 2.48. The van der Waals surface area contributed by atoms with Gasteiger partial charge in [-0.2, -0.15) is 0 Å². The van der Waals surface area contributed by atoms with Crippen LogP contribution in [0.5, 0.6) is 0 Å². The zero-order valence-corrected chi connectivity index (χ0v) is 12.4. The Balaban J connectivity index is 1.43. The van der Waals surface area contributed by atoms with E-state index in [4.69, 9.17) is 4.74 Å². The van der Waals surface area contributed by atoms with Gasteiger partial charge in [-0.3, -0.25) is 0 Å². The fourth-order valence-corrected chi connectivity index (χ4v) is 4.36. The SMILES string of the molecule is COC1CCN(CC2CCC3CCCCC3N2)CC1. The number of fused-ring (bicyclic) bond motifs is 1. The normalized spacial score (nSPS) is 38.1. The number of hydrogen-bond acceptors (Lipinski definition) is 3. The molecule has 3 atom stereocenters. The summed E-state index contributed by atoms with van der Waals surface area (Å²) in [6.07, 6.45) is 11.6. The van der Waals surface area contributed by atoms with Crippen molar-refractivity contribution in [1.82, 2.24) is 10.2 Å². The molecule has 0 aromatic heterocycles. The van der Waals surface area contributed by atoms with Crippen LogP contribution in [0.1, 0.15) is 51.4 Å². The summed E-state index contributed by atoms with van der Waals surface area (Å²) in [6.45, 7) is 3.72. The quantitative estimate of drug-likeness (QED) is 0.849. The zero-order valence-electron chi connectivity index (χ0n) is 12.4. The van der Waals surface area contributed by atoms with Crippen molar-refractivity contribution in [2.24, 2.45) is 5.92 Å². The van der Waals surface area contributed by atoms with Gasteiger partial charge in [0.15, 0.2) is 0 Å². The third-order valence-electron chi connectivity index (χ3n) is 5.59. The molecule has 3 heteroatoms. The predicted molar refractivity (Wildman–Crippen MR) is 78.4 cm³/mol. The first-order valence-electron chi connectivity index (χ1n) is 8.36. The van der Waals surface area contributed by atoms with Gasteiger partial charge in [-0.1, -0.05) is 12.8 Å². The minimum Gasteiger partial charge on any atom is -0.381 e. The fraction of sp³-hybridized carbons (Fsp3) is 1.00. The van der Waals surface area contributed by atoms with Gasteiger partial charge in [0.25, 0.3) is 0 Å². The Morgan fingerprint density at radius 3 is 2.58 bits per heavy atom. The molecule has 19 heavy (non-hydrogen) atoms. The van der Waals surface area contributed by atoms with Gasteiger partial charge in [-0.05, 0) is 44.4 Å². The van der Waals surface area contributed by atoms with Crippen molar-refractivity contribution in [3.63, 3.8) is 0 Å². The van der Waals surface area contributed by atoms with Crippen molar-refractivity contribution in [3.05, 3.63) is 0 Å². The molecular formula is C16H30N2O. The minimum atomic E-state index is 0.512. The highest BCUT2D eigenvalue weighted by Crippen LogP contribution is 2.32. The molecule has 2 heterocycles. The molecule has 1 aliphatic carbocycles. The molecule has 0 radical (unpaired) electrons. The van der Waals surface area contributed by atoms with E-state index in [0.29, 0.717) is 6.10 Å². The first-order valence-corrected chi connectivity index (χ1v) is 8.36. The molecule has 0 spiro atoms. The van der Waals surface area contributed by atoms with E-state index in [9.17, 15) is 0 Å². The second kappa shape index (κ2) is 6.55. The van der Waals surface area contributed by atoms with Crippen LogP contribution < -0.4 is 5.32 Å². The van der Waals surface area contributed by atoms with Crippen molar-refractivity contribution < 1.29 is 4.74 Å². The van der Waals surface area contributed by atoms with Gasteiger partial charge in [0.05, 0.1) is 6.10 Å². The number of hydrogen-bond donors (Lipinski definition) is 1. The molecule has 3 rings (SSSR count). The maximum atomic E-state index is 5.46. The van der Waals surface area contributed by atoms with E-state index in [1.165, 1.54) is 71.0 Å². The van der Waals surface area contributed by atoms with Crippen LogP contribution in [-0.2, 0) is 4.74 Å². The molecule has 3 aliphatic rings. The molecule has 3 fully saturated rings. The lowest BCUT2D eigenvalue weighted by molar-refractivity contribution is 0.0344. The average molecular weight is 266 g/mol. The Bertz CT molecular complexity index is 276. The number of piperidine rings is 2. The summed E-state index contributed by atoms with van der Waals surface area (Å²) in [5.41, 5.74) is 0. The van der Waals surface area contributed by atoms with E-state index < -0.39 is 0 Å². The molecular weight excluding hydrogens is 236 g/mol. The highest BCUT2D eigenvalue weighted by molar-refractivity contribution is 4.90. The van der Waals surface area contributed by atoms with Gasteiger partial charge in [0.2, 0.25) is 0 Å². The van der Waals surface area contributed by atoms with Gasteiger partial charge in [-0.15, -0.1) is 0 Å². The molecule has 0 bridgehead atoms. The van der Waals surface area contributed by atoms with Crippen molar-refractivity contribution >= 4 is 0 Å². The standard InChI is InChI=1S/C16H30N2O/c1-19-15-8-10-18(11-9-15)12-14-7-6-13-4-2-3-5-16(13)17-14/h13-17H,2-12H2,1H3. The number of nitrogens with one attached hydrogen (secondary N) is 1. The predicted octanol–water partition coefficient (Wildman–Crippen LogP) is 2.41. The maximum Gasteiger partial charge on any atom is 0.0595 e. The molecule has 1 N–H and O–H groups in total. The smallest absolute Gasteiger partial charge is 0.0595 e. The number of rotatable bonds is 3. The molecule has 1 saturated carbocycles.